The minimum absolute atomic E-state index is 0.0693. The number of fused-ring (bicyclic) bond motifs is 1. The lowest BCUT2D eigenvalue weighted by Crippen LogP contribution is -2.42. The summed E-state index contributed by atoms with van der Waals surface area (Å²) in [5.41, 5.74) is 7.28. The first kappa shape index (κ1) is 10.1. The fourth-order valence-electron chi connectivity index (χ4n) is 2.83. The molecule has 1 aromatic carbocycles. The highest BCUT2D eigenvalue weighted by Crippen LogP contribution is 2.45. The number of hydrogen-bond acceptors (Lipinski definition) is 2. The van der Waals surface area contributed by atoms with E-state index in [2.05, 4.69) is 0 Å². The molecule has 0 radical (unpaired) electrons. The molecular weight excluding hydrogens is 205 g/mol. The van der Waals surface area contributed by atoms with Crippen molar-refractivity contribution in [3.63, 3.8) is 0 Å². The van der Waals surface area contributed by atoms with Crippen LogP contribution in [0.2, 0.25) is 0 Å². The summed E-state index contributed by atoms with van der Waals surface area (Å²) < 4.78 is 19.7. The fourth-order valence-corrected chi connectivity index (χ4v) is 2.83. The highest BCUT2D eigenvalue weighted by molar-refractivity contribution is 5.44. The molecule has 2 nitrogen and oxygen atoms in total. The number of hydrogen-bond donors (Lipinski definition) is 1. The van der Waals surface area contributed by atoms with Crippen LogP contribution < -0.4 is 10.5 Å². The summed E-state index contributed by atoms with van der Waals surface area (Å²) >= 11 is 0. The number of rotatable bonds is 2. The molecule has 1 aliphatic heterocycles. The van der Waals surface area contributed by atoms with Crippen LogP contribution >= 0.6 is 0 Å². The van der Waals surface area contributed by atoms with Gasteiger partial charge in [0.2, 0.25) is 0 Å². The number of benzene rings is 1. The van der Waals surface area contributed by atoms with Gasteiger partial charge in [0.05, 0.1) is 6.61 Å². The zero-order valence-electron chi connectivity index (χ0n) is 9.26. The summed E-state index contributed by atoms with van der Waals surface area (Å²) in [7, 11) is 0. The minimum atomic E-state index is -0.0955. The Kier molecular flexibility index (Phi) is 2.18. The van der Waals surface area contributed by atoms with Gasteiger partial charge in [-0.15, -0.1) is 0 Å². The molecule has 1 heterocycles. The zero-order chi connectivity index (χ0) is 11.2. The molecule has 1 aromatic rings. The zero-order valence-corrected chi connectivity index (χ0v) is 9.26. The number of nitrogens with two attached hydrogens (primary N) is 1. The molecule has 0 aromatic heterocycles. The van der Waals surface area contributed by atoms with Gasteiger partial charge in [0.25, 0.3) is 0 Å². The molecule has 1 saturated carbocycles. The van der Waals surface area contributed by atoms with Gasteiger partial charge in [-0.1, -0.05) is 12.5 Å². The molecular formula is C13H16FNO. The van der Waals surface area contributed by atoms with Crippen LogP contribution in [0.4, 0.5) is 4.39 Å². The van der Waals surface area contributed by atoms with Crippen molar-refractivity contribution in [2.24, 2.45) is 5.73 Å². The second-order valence-electron chi connectivity index (χ2n) is 4.84. The van der Waals surface area contributed by atoms with Crippen molar-refractivity contribution in [1.29, 1.82) is 0 Å². The molecule has 0 amide bonds. The highest BCUT2D eigenvalue weighted by atomic mass is 19.1. The van der Waals surface area contributed by atoms with Gasteiger partial charge in [0.15, 0.2) is 0 Å². The summed E-state index contributed by atoms with van der Waals surface area (Å²) in [6.45, 7) is 1.15. The van der Waals surface area contributed by atoms with E-state index in [4.69, 9.17) is 10.5 Å². The van der Waals surface area contributed by atoms with Crippen molar-refractivity contribution in [2.75, 3.05) is 13.2 Å². The van der Waals surface area contributed by atoms with Crippen molar-refractivity contribution >= 4 is 0 Å². The van der Waals surface area contributed by atoms with Crippen molar-refractivity contribution in [3.05, 3.63) is 29.1 Å². The molecule has 86 valence electrons. The summed E-state index contributed by atoms with van der Waals surface area (Å²) in [5.74, 6) is 0.646. The predicted molar refractivity (Wildman–Crippen MR) is 60.2 cm³/mol. The molecule has 2 aliphatic rings. The van der Waals surface area contributed by atoms with E-state index in [-0.39, 0.29) is 11.2 Å². The quantitative estimate of drug-likeness (QED) is 0.830. The van der Waals surface area contributed by atoms with Crippen LogP contribution in [0, 0.1) is 5.82 Å². The third-order valence-corrected chi connectivity index (χ3v) is 4.08. The van der Waals surface area contributed by atoms with Gasteiger partial charge >= 0.3 is 0 Å². The molecule has 16 heavy (non-hydrogen) atoms. The van der Waals surface area contributed by atoms with Gasteiger partial charge in [-0.05, 0) is 24.5 Å². The topological polar surface area (TPSA) is 35.2 Å². The van der Waals surface area contributed by atoms with Crippen LogP contribution in [0.15, 0.2) is 12.1 Å². The second-order valence-corrected chi connectivity index (χ2v) is 4.84. The standard InChI is InChI=1S/C13H16FNO/c14-12-9-4-7-16-11(9)3-2-10(12)13(8-15)5-1-6-13/h2-3H,1,4-8,15H2. The maximum atomic E-state index is 14.3. The Labute approximate surface area is 94.6 Å². The molecule has 3 heteroatoms. The van der Waals surface area contributed by atoms with Gasteiger partial charge in [-0.3, -0.25) is 0 Å². The van der Waals surface area contributed by atoms with E-state index >= 15 is 0 Å². The average molecular weight is 221 g/mol. The first-order valence-corrected chi connectivity index (χ1v) is 5.91. The van der Waals surface area contributed by atoms with E-state index in [1.54, 1.807) is 0 Å². The van der Waals surface area contributed by atoms with Gasteiger partial charge in [0.1, 0.15) is 11.6 Å². The Morgan fingerprint density at radius 1 is 1.38 bits per heavy atom. The van der Waals surface area contributed by atoms with Crippen LogP contribution in [0.5, 0.6) is 5.75 Å². The lowest BCUT2D eigenvalue weighted by Gasteiger charge is -2.41. The van der Waals surface area contributed by atoms with Crippen LogP contribution in [-0.4, -0.2) is 13.2 Å². The van der Waals surface area contributed by atoms with E-state index in [0.29, 0.717) is 25.3 Å². The van der Waals surface area contributed by atoms with Crippen molar-refractivity contribution < 1.29 is 9.13 Å². The number of halogens is 1. The lowest BCUT2D eigenvalue weighted by atomic mass is 9.64. The average Bonchev–Trinajstić information content (AvgIpc) is 2.69. The summed E-state index contributed by atoms with van der Waals surface area (Å²) in [5, 5.41) is 0. The monoisotopic (exact) mass is 221 g/mol. The summed E-state index contributed by atoms with van der Waals surface area (Å²) in [6, 6.07) is 3.77. The van der Waals surface area contributed by atoms with Crippen molar-refractivity contribution in [3.8, 4) is 5.75 Å². The lowest BCUT2D eigenvalue weighted by molar-refractivity contribution is 0.244. The van der Waals surface area contributed by atoms with Crippen molar-refractivity contribution in [1.82, 2.24) is 0 Å². The maximum absolute atomic E-state index is 14.3. The third kappa shape index (κ3) is 1.21. The van der Waals surface area contributed by atoms with Gasteiger partial charge in [0, 0.05) is 23.9 Å². The number of ether oxygens (including phenoxy) is 1. The molecule has 1 fully saturated rings. The normalized spacial score (nSPS) is 21.1. The van der Waals surface area contributed by atoms with Crippen LogP contribution in [-0.2, 0) is 11.8 Å². The second kappa shape index (κ2) is 3.45. The van der Waals surface area contributed by atoms with E-state index in [9.17, 15) is 4.39 Å². The van der Waals surface area contributed by atoms with Crippen LogP contribution in [0.1, 0.15) is 30.4 Å². The highest BCUT2D eigenvalue weighted by Gasteiger charge is 2.40. The summed E-state index contributed by atoms with van der Waals surface area (Å²) in [4.78, 5) is 0. The first-order valence-electron chi connectivity index (χ1n) is 5.91. The fraction of sp³-hybridized carbons (Fsp3) is 0.538. The Balaban J connectivity index is 2.08. The van der Waals surface area contributed by atoms with Gasteiger partial charge < -0.3 is 10.5 Å². The van der Waals surface area contributed by atoms with Gasteiger partial charge in [-0.2, -0.15) is 0 Å². The maximum Gasteiger partial charge on any atom is 0.134 e. The van der Waals surface area contributed by atoms with E-state index in [1.165, 1.54) is 0 Å². The Morgan fingerprint density at radius 2 is 2.19 bits per heavy atom. The molecule has 2 N–H and O–H groups in total. The molecule has 1 aliphatic carbocycles. The van der Waals surface area contributed by atoms with Crippen LogP contribution in [0.25, 0.3) is 0 Å². The SMILES string of the molecule is NCC1(c2ccc3c(c2F)CCO3)CCC1. The smallest absolute Gasteiger partial charge is 0.134 e. The van der Waals surface area contributed by atoms with E-state index < -0.39 is 0 Å². The molecule has 0 spiro atoms. The van der Waals surface area contributed by atoms with Crippen molar-refractivity contribution in [2.45, 2.75) is 31.1 Å². The third-order valence-electron chi connectivity index (χ3n) is 4.08. The van der Waals surface area contributed by atoms with E-state index in [0.717, 1.165) is 30.4 Å². The first-order chi connectivity index (χ1) is 7.77. The Hall–Kier alpha value is -1.09. The largest absolute Gasteiger partial charge is 0.493 e. The molecule has 0 atom stereocenters. The molecule has 0 unspecified atom stereocenters. The van der Waals surface area contributed by atoms with E-state index in [1.807, 2.05) is 12.1 Å². The molecule has 0 bridgehead atoms. The van der Waals surface area contributed by atoms with Crippen LogP contribution in [0.3, 0.4) is 0 Å². The summed E-state index contributed by atoms with van der Waals surface area (Å²) in [6.07, 6.45) is 3.88. The molecule has 0 saturated heterocycles. The Morgan fingerprint density at radius 3 is 2.81 bits per heavy atom. The minimum Gasteiger partial charge on any atom is -0.493 e. The van der Waals surface area contributed by atoms with Gasteiger partial charge in [-0.25, -0.2) is 4.39 Å². The Bertz CT molecular complexity index is 421. The predicted octanol–water partition coefficient (Wildman–Crippen LogP) is 2.14. The molecule has 3 rings (SSSR count).